The van der Waals surface area contributed by atoms with Gasteiger partial charge in [0.25, 0.3) is 0 Å². The van der Waals surface area contributed by atoms with Crippen molar-refractivity contribution in [3.63, 3.8) is 0 Å². The van der Waals surface area contributed by atoms with Crippen molar-refractivity contribution in [3.05, 3.63) is 18.2 Å². The summed E-state index contributed by atoms with van der Waals surface area (Å²) in [6.07, 6.45) is 3.65. The number of carboxylic acid groups (broad SMARTS) is 1. The minimum Gasteiger partial charge on any atom is -0.480 e. The lowest BCUT2D eigenvalue weighted by atomic mass is 10.2. The fraction of sp³-hybridized carbons (Fsp3) is 0.429. The average Bonchev–Trinajstić information content (AvgIpc) is 2.51. The predicted octanol–water partition coefficient (Wildman–Crippen LogP) is -0.375. The molecule has 1 rings (SSSR count). The van der Waals surface area contributed by atoms with E-state index >= 15 is 0 Å². The number of likely N-dealkylation sites (N-methyl/N-ethyl adjacent to an activating group) is 1. The summed E-state index contributed by atoms with van der Waals surface area (Å²) in [7, 11) is 1.61. The Morgan fingerprint density at radius 1 is 1.92 bits per heavy atom. The summed E-state index contributed by atoms with van der Waals surface area (Å²) in [5, 5.41) is 11.3. The van der Waals surface area contributed by atoms with E-state index < -0.39 is 12.0 Å². The SMILES string of the molecule is CN[C@@H](Cc1ncc[nH]1)C(=O)O. The fourth-order valence-electron chi connectivity index (χ4n) is 0.916. The maximum atomic E-state index is 10.6. The molecule has 0 aromatic carbocycles. The number of aliphatic carboxylic acids is 1. The lowest BCUT2D eigenvalue weighted by Crippen LogP contribution is -2.36. The number of aromatic nitrogens is 2. The molecule has 0 radical (unpaired) electrons. The van der Waals surface area contributed by atoms with E-state index in [0.29, 0.717) is 12.2 Å². The van der Waals surface area contributed by atoms with Crippen molar-refractivity contribution in [2.75, 3.05) is 7.05 Å². The number of hydrogen-bond acceptors (Lipinski definition) is 3. The first kappa shape index (κ1) is 8.73. The first-order valence-corrected chi connectivity index (χ1v) is 3.62. The molecule has 12 heavy (non-hydrogen) atoms. The van der Waals surface area contributed by atoms with Crippen LogP contribution >= 0.6 is 0 Å². The summed E-state index contributed by atoms with van der Waals surface area (Å²) >= 11 is 0. The van der Waals surface area contributed by atoms with E-state index in [1.54, 1.807) is 19.4 Å². The molecular formula is C7H11N3O2. The van der Waals surface area contributed by atoms with Gasteiger partial charge in [-0.05, 0) is 7.05 Å². The highest BCUT2D eigenvalue weighted by Gasteiger charge is 2.15. The van der Waals surface area contributed by atoms with Crippen molar-refractivity contribution in [1.29, 1.82) is 0 Å². The van der Waals surface area contributed by atoms with E-state index in [2.05, 4.69) is 15.3 Å². The van der Waals surface area contributed by atoms with Crippen LogP contribution in [0.4, 0.5) is 0 Å². The van der Waals surface area contributed by atoms with Gasteiger partial charge in [-0.2, -0.15) is 0 Å². The monoisotopic (exact) mass is 169 g/mol. The number of carbonyl (C=O) groups is 1. The second-order valence-corrected chi connectivity index (χ2v) is 2.42. The zero-order valence-corrected chi connectivity index (χ0v) is 6.74. The van der Waals surface area contributed by atoms with Crippen LogP contribution in [0.3, 0.4) is 0 Å². The van der Waals surface area contributed by atoms with Gasteiger partial charge in [-0.15, -0.1) is 0 Å². The molecular weight excluding hydrogens is 158 g/mol. The normalized spacial score (nSPS) is 12.8. The Morgan fingerprint density at radius 3 is 3.08 bits per heavy atom. The minimum atomic E-state index is -0.867. The number of hydrogen-bond donors (Lipinski definition) is 3. The lowest BCUT2D eigenvalue weighted by Gasteiger charge is -2.07. The summed E-state index contributed by atoms with van der Waals surface area (Å²) in [5.74, 6) is -0.189. The Hall–Kier alpha value is -1.36. The number of H-pyrrole nitrogens is 1. The molecule has 1 heterocycles. The summed E-state index contributed by atoms with van der Waals surface area (Å²) in [6.45, 7) is 0. The van der Waals surface area contributed by atoms with Crippen LogP contribution in [-0.2, 0) is 11.2 Å². The van der Waals surface area contributed by atoms with Gasteiger partial charge in [0.15, 0.2) is 0 Å². The van der Waals surface area contributed by atoms with Gasteiger partial charge in [0, 0.05) is 18.8 Å². The Balaban J connectivity index is 2.54. The van der Waals surface area contributed by atoms with Crippen LogP contribution in [0.15, 0.2) is 12.4 Å². The predicted molar refractivity (Wildman–Crippen MR) is 42.8 cm³/mol. The van der Waals surface area contributed by atoms with E-state index in [1.165, 1.54) is 0 Å². The number of aromatic amines is 1. The molecule has 1 aromatic rings. The van der Waals surface area contributed by atoms with Gasteiger partial charge < -0.3 is 15.4 Å². The first-order chi connectivity index (χ1) is 5.74. The lowest BCUT2D eigenvalue weighted by molar-refractivity contribution is -0.139. The topological polar surface area (TPSA) is 78.0 Å². The quantitative estimate of drug-likeness (QED) is 0.574. The summed E-state index contributed by atoms with van der Waals surface area (Å²) < 4.78 is 0. The molecule has 0 aliphatic rings. The van der Waals surface area contributed by atoms with Crippen LogP contribution in [0.5, 0.6) is 0 Å². The highest BCUT2D eigenvalue weighted by molar-refractivity contribution is 5.73. The fourth-order valence-corrected chi connectivity index (χ4v) is 0.916. The van der Waals surface area contributed by atoms with Crippen LogP contribution in [0.25, 0.3) is 0 Å². The molecule has 0 spiro atoms. The standard InChI is InChI=1S/C7H11N3O2/c1-8-5(7(11)12)4-6-9-2-3-10-6/h2-3,5,8H,4H2,1H3,(H,9,10)(H,11,12)/t5-/m0/s1. The van der Waals surface area contributed by atoms with Gasteiger partial charge >= 0.3 is 5.97 Å². The second-order valence-electron chi connectivity index (χ2n) is 2.42. The Bertz CT molecular complexity index is 245. The van der Waals surface area contributed by atoms with Crippen LogP contribution in [0, 0.1) is 0 Å². The number of nitrogens with one attached hydrogen (secondary N) is 2. The molecule has 5 heteroatoms. The Morgan fingerprint density at radius 2 is 2.67 bits per heavy atom. The van der Waals surface area contributed by atoms with E-state index in [9.17, 15) is 4.79 Å². The molecule has 0 aliphatic heterocycles. The molecule has 1 atom stereocenters. The highest BCUT2D eigenvalue weighted by atomic mass is 16.4. The largest absolute Gasteiger partial charge is 0.480 e. The van der Waals surface area contributed by atoms with Crippen LogP contribution in [-0.4, -0.2) is 34.1 Å². The zero-order chi connectivity index (χ0) is 8.97. The van der Waals surface area contributed by atoms with Gasteiger partial charge in [-0.3, -0.25) is 4.79 Å². The number of nitrogens with zero attached hydrogens (tertiary/aromatic N) is 1. The molecule has 3 N–H and O–H groups in total. The molecule has 5 nitrogen and oxygen atoms in total. The van der Waals surface area contributed by atoms with E-state index in [4.69, 9.17) is 5.11 Å². The van der Waals surface area contributed by atoms with Crippen molar-refractivity contribution < 1.29 is 9.90 Å². The summed E-state index contributed by atoms with van der Waals surface area (Å²) in [4.78, 5) is 17.3. The zero-order valence-electron chi connectivity index (χ0n) is 6.74. The third-order valence-electron chi connectivity index (χ3n) is 1.60. The summed E-state index contributed by atoms with van der Waals surface area (Å²) in [5.41, 5.74) is 0. The van der Waals surface area contributed by atoms with Crippen molar-refractivity contribution >= 4 is 5.97 Å². The molecule has 0 saturated heterocycles. The smallest absolute Gasteiger partial charge is 0.321 e. The van der Waals surface area contributed by atoms with Crippen LogP contribution < -0.4 is 5.32 Å². The molecule has 0 fully saturated rings. The molecule has 1 aromatic heterocycles. The molecule has 66 valence electrons. The summed E-state index contributed by atoms with van der Waals surface area (Å²) in [6, 6.07) is -0.573. The number of imidazole rings is 1. The third kappa shape index (κ3) is 2.06. The highest BCUT2D eigenvalue weighted by Crippen LogP contribution is 1.95. The third-order valence-corrected chi connectivity index (χ3v) is 1.60. The van der Waals surface area contributed by atoms with Gasteiger partial charge in [-0.1, -0.05) is 0 Å². The maximum Gasteiger partial charge on any atom is 0.321 e. The molecule has 0 aliphatic carbocycles. The Labute approximate surface area is 69.8 Å². The van der Waals surface area contributed by atoms with Crippen LogP contribution in [0.2, 0.25) is 0 Å². The molecule has 0 amide bonds. The molecule has 0 saturated carbocycles. The minimum absolute atomic E-state index is 0.374. The second kappa shape index (κ2) is 3.87. The van der Waals surface area contributed by atoms with Gasteiger partial charge in [0.1, 0.15) is 11.9 Å². The van der Waals surface area contributed by atoms with Gasteiger partial charge in [0.05, 0.1) is 0 Å². The molecule has 0 unspecified atom stereocenters. The van der Waals surface area contributed by atoms with Crippen LogP contribution in [0.1, 0.15) is 5.82 Å². The molecule has 0 bridgehead atoms. The average molecular weight is 169 g/mol. The van der Waals surface area contributed by atoms with Gasteiger partial charge in [0.2, 0.25) is 0 Å². The van der Waals surface area contributed by atoms with E-state index in [0.717, 1.165) is 0 Å². The number of rotatable bonds is 4. The van der Waals surface area contributed by atoms with Crippen molar-refractivity contribution in [3.8, 4) is 0 Å². The van der Waals surface area contributed by atoms with E-state index in [-0.39, 0.29) is 0 Å². The van der Waals surface area contributed by atoms with E-state index in [1.807, 2.05) is 0 Å². The van der Waals surface area contributed by atoms with Crippen molar-refractivity contribution in [1.82, 2.24) is 15.3 Å². The maximum absolute atomic E-state index is 10.6. The Kier molecular flexibility index (Phi) is 2.82. The van der Waals surface area contributed by atoms with Crippen molar-refractivity contribution in [2.45, 2.75) is 12.5 Å². The first-order valence-electron chi connectivity index (χ1n) is 3.62. The van der Waals surface area contributed by atoms with Gasteiger partial charge in [-0.25, -0.2) is 4.98 Å². The number of carboxylic acids is 1. The van der Waals surface area contributed by atoms with Crippen molar-refractivity contribution in [2.24, 2.45) is 0 Å².